The lowest BCUT2D eigenvalue weighted by Crippen LogP contribution is -2.12. The summed E-state index contributed by atoms with van der Waals surface area (Å²) in [6.07, 6.45) is 2.15. The molecule has 1 rings (SSSR count). The molecule has 60 valence electrons. The molecule has 2 N–H and O–H groups in total. The average Bonchev–Trinajstić information content (AvgIpc) is 2.05. The highest BCUT2D eigenvalue weighted by Gasteiger charge is 2.06. The lowest BCUT2D eigenvalue weighted by atomic mass is 10.2. The molecule has 0 saturated carbocycles. The fourth-order valence-corrected chi connectivity index (χ4v) is 0.663. The van der Waals surface area contributed by atoms with Gasteiger partial charge < -0.3 is 14.7 Å². The van der Waals surface area contributed by atoms with Crippen LogP contribution in [0.2, 0.25) is 0 Å². The van der Waals surface area contributed by atoms with Gasteiger partial charge in [0.05, 0.1) is 6.11 Å². The largest absolute Gasteiger partial charge is 0.716 e. The van der Waals surface area contributed by atoms with Gasteiger partial charge in [-0.2, -0.15) is 0 Å². The third kappa shape index (κ3) is 3.10. The molecule has 0 unspecified atom stereocenters. The van der Waals surface area contributed by atoms with Gasteiger partial charge in [-0.1, -0.05) is 18.2 Å². The van der Waals surface area contributed by atoms with Crippen LogP contribution >= 0.6 is 0 Å². The van der Waals surface area contributed by atoms with Crippen LogP contribution in [0.5, 0.6) is 0 Å². The van der Waals surface area contributed by atoms with Crippen molar-refractivity contribution in [2.45, 2.75) is 0 Å². The van der Waals surface area contributed by atoms with Gasteiger partial charge in [-0.3, -0.25) is 0 Å². The molecule has 0 aliphatic carbocycles. The second-order valence-electron chi connectivity index (χ2n) is 2.04. The Kier molecular flexibility index (Phi) is 3.21. The molecule has 0 heterocycles. The first-order chi connectivity index (χ1) is 5.79. The van der Waals surface area contributed by atoms with Crippen LogP contribution in [0, 0.1) is 12.0 Å². The molecule has 0 aliphatic heterocycles. The quantitative estimate of drug-likeness (QED) is 0.450. The van der Waals surface area contributed by atoms with Crippen molar-refractivity contribution < 1.29 is 14.7 Å². The monoisotopic (exact) mass is 162 g/mol. The lowest BCUT2D eigenvalue weighted by molar-refractivity contribution is 0.271. The Morgan fingerprint density at radius 2 is 1.83 bits per heavy atom. The molecule has 0 fully saturated rings. The van der Waals surface area contributed by atoms with Crippen LogP contribution in [0.1, 0.15) is 5.56 Å². The van der Waals surface area contributed by atoms with Gasteiger partial charge in [0, 0.05) is 5.56 Å². The van der Waals surface area contributed by atoms with Gasteiger partial charge in [-0.25, -0.2) is 0 Å². The van der Waals surface area contributed by atoms with Crippen molar-refractivity contribution in [1.29, 1.82) is 0 Å². The molecule has 3 nitrogen and oxygen atoms in total. The summed E-state index contributed by atoms with van der Waals surface area (Å²) in [5.74, 6) is 2.58. The minimum atomic E-state index is -1.83. The molecule has 1 aromatic carbocycles. The summed E-state index contributed by atoms with van der Waals surface area (Å²) in [4.78, 5) is 0. The molecule has 0 amide bonds. The highest BCUT2D eigenvalue weighted by atomic mass is 16.6. The van der Waals surface area contributed by atoms with Gasteiger partial charge in [0.1, 0.15) is 0 Å². The summed E-state index contributed by atoms with van der Waals surface area (Å²) in [5.41, 5.74) is 0.762. The predicted octanol–water partition coefficient (Wildman–Crippen LogP) is -0.0183. The second-order valence-corrected chi connectivity index (χ2v) is 2.04. The minimum absolute atomic E-state index is 0.762. The molecular weight excluding hydrogens is 155 g/mol. The average molecular weight is 162 g/mol. The van der Waals surface area contributed by atoms with E-state index in [1.807, 2.05) is 18.2 Å². The lowest BCUT2D eigenvalue weighted by Gasteiger charge is -1.90. The van der Waals surface area contributed by atoms with Gasteiger partial charge in [0.15, 0.2) is 0 Å². The van der Waals surface area contributed by atoms with Crippen LogP contribution in [0.4, 0.5) is 0 Å². The third-order valence-electron chi connectivity index (χ3n) is 1.13. The highest BCUT2D eigenvalue weighted by molar-refractivity contribution is 6.33. The molecule has 0 bridgehead atoms. The third-order valence-corrected chi connectivity index (χ3v) is 1.13. The predicted molar refractivity (Wildman–Crippen MR) is 44.6 cm³/mol. The van der Waals surface area contributed by atoms with Crippen LogP contribution in [-0.4, -0.2) is 17.4 Å². The van der Waals surface area contributed by atoms with E-state index in [0.717, 1.165) is 5.56 Å². The highest BCUT2D eigenvalue weighted by Crippen LogP contribution is 1.94. The van der Waals surface area contributed by atoms with E-state index in [-0.39, 0.29) is 0 Å². The van der Waals surface area contributed by atoms with Crippen molar-refractivity contribution in [1.82, 2.24) is 0 Å². The maximum Gasteiger partial charge on any atom is 0.716 e. The summed E-state index contributed by atoms with van der Waals surface area (Å²) in [7, 11) is -1.83. The van der Waals surface area contributed by atoms with Crippen molar-refractivity contribution in [2.75, 3.05) is 0 Å². The standard InChI is InChI=1S/C8H7BO3/c10-9(11)12-7-6-8-4-2-1-3-5-8/h1-5,10-11H. The van der Waals surface area contributed by atoms with E-state index >= 15 is 0 Å². The van der Waals surface area contributed by atoms with E-state index in [0.29, 0.717) is 0 Å². The molecule has 0 radical (unpaired) electrons. The van der Waals surface area contributed by atoms with Crippen LogP contribution in [0.15, 0.2) is 30.3 Å². The zero-order chi connectivity index (χ0) is 8.81. The molecule has 0 spiro atoms. The Labute approximate surface area is 70.8 Å². The Morgan fingerprint density at radius 1 is 1.17 bits per heavy atom. The Bertz CT molecular complexity index is 286. The van der Waals surface area contributed by atoms with Gasteiger partial charge in [-0.15, -0.1) is 0 Å². The topological polar surface area (TPSA) is 49.7 Å². The first kappa shape index (κ1) is 8.66. The van der Waals surface area contributed by atoms with Crippen molar-refractivity contribution in [2.24, 2.45) is 0 Å². The van der Waals surface area contributed by atoms with E-state index in [1.165, 1.54) is 0 Å². The van der Waals surface area contributed by atoms with Crippen molar-refractivity contribution in [3.05, 3.63) is 35.9 Å². The molecule has 1 aromatic rings. The summed E-state index contributed by atoms with van der Waals surface area (Å²) >= 11 is 0. The Morgan fingerprint density at radius 3 is 2.42 bits per heavy atom. The van der Waals surface area contributed by atoms with E-state index < -0.39 is 7.32 Å². The molecule has 0 saturated heterocycles. The number of hydrogen-bond donors (Lipinski definition) is 2. The van der Waals surface area contributed by atoms with Gasteiger partial charge >= 0.3 is 7.32 Å². The fourth-order valence-electron chi connectivity index (χ4n) is 0.663. The molecule has 0 atom stereocenters. The van der Waals surface area contributed by atoms with Crippen molar-refractivity contribution in [3.8, 4) is 12.0 Å². The molecular formula is C8H7BO3. The smallest absolute Gasteiger partial charge is 0.462 e. The van der Waals surface area contributed by atoms with E-state index in [2.05, 4.69) is 16.7 Å². The summed E-state index contributed by atoms with van der Waals surface area (Å²) in [6.45, 7) is 0. The number of hydrogen-bond acceptors (Lipinski definition) is 3. The normalized spacial score (nSPS) is 8.17. The van der Waals surface area contributed by atoms with Crippen LogP contribution in [0.25, 0.3) is 0 Å². The first-order valence-electron chi connectivity index (χ1n) is 3.37. The zero-order valence-electron chi connectivity index (χ0n) is 6.27. The Hall–Kier alpha value is -1.44. The number of rotatable bonds is 1. The maximum absolute atomic E-state index is 8.26. The zero-order valence-corrected chi connectivity index (χ0v) is 6.27. The molecule has 12 heavy (non-hydrogen) atoms. The number of benzene rings is 1. The summed E-state index contributed by atoms with van der Waals surface area (Å²) in [5, 5.41) is 16.5. The molecule has 4 heteroatoms. The van der Waals surface area contributed by atoms with Gasteiger partial charge in [-0.05, 0) is 18.1 Å². The molecule has 0 aliphatic rings. The second kappa shape index (κ2) is 4.44. The maximum atomic E-state index is 8.26. The van der Waals surface area contributed by atoms with Crippen molar-refractivity contribution >= 4 is 7.32 Å². The van der Waals surface area contributed by atoms with Crippen LogP contribution in [0.3, 0.4) is 0 Å². The van der Waals surface area contributed by atoms with E-state index in [4.69, 9.17) is 10.0 Å². The SMILES string of the molecule is OB(O)OC#Cc1ccccc1. The van der Waals surface area contributed by atoms with E-state index in [1.54, 1.807) is 12.1 Å². The van der Waals surface area contributed by atoms with E-state index in [9.17, 15) is 0 Å². The Balaban J connectivity index is 2.55. The van der Waals surface area contributed by atoms with Gasteiger partial charge in [0.2, 0.25) is 0 Å². The van der Waals surface area contributed by atoms with Gasteiger partial charge in [0.25, 0.3) is 0 Å². The molecule has 0 aromatic heterocycles. The first-order valence-corrected chi connectivity index (χ1v) is 3.37. The summed E-state index contributed by atoms with van der Waals surface area (Å²) in [6, 6.07) is 9.12. The fraction of sp³-hybridized carbons (Fsp3) is 0. The van der Waals surface area contributed by atoms with Crippen LogP contribution < -0.4 is 0 Å². The van der Waals surface area contributed by atoms with Crippen LogP contribution in [-0.2, 0) is 4.65 Å². The minimum Gasteiger partial charge on any atom is -0.462 e. The summed E-state index contributed by atoms with van der Waals surface area (Å²) < 4.78 is 4.20. The van der Waals surface area contributed by atoms with Crippen molar-refractivity contribution in [3.63, 3.8) is 0 Å².